The molecule has 7 nitrogen and oxygen atoms in total. The molecule has 0 aromatic heterocycles. The highest BCUT2D eigenvalue weighted by atomic mass is 19.1. The number of halogens is 1. The Kier molecular flexibility index (Phi) is 8.23. The predicted molar refractivity (Wildman–Crippen MR) is 119 cm³/mol. The summed E-state index contributed by atoms with van der Waals surface area (Å²) in [5, 5.41) is 9.34. The van der Waals surface area contributed by atoms with Crippen molar-refractivity contribution in [3.63, 3.8) is 0 Å². The molecule has 1 aliphatic rings. The van der Waals surface area contributed by atoms with Crippen molar-refractivity contribution < 1.29 is 18.7 Å². The molecule has 2 unspecified atom stereocenters. The smallest absolute Gasteiger partial charge is 0.253 e. The highest BCUT2D eigenvalue weighted by molar-refractivity contribution is 5.94. The Bertz CT molecular complexity index is 900. The molecule has 166 valence electrons. The van der Waals surface area contributed by atoms with E-state index in [2.05, 4.69) is 20.9 Å². The average Bonchev–Trinajstić information content (AvgIpc) is 3.29. The van der Waals surface area contributed by atoms with E-state index in [0.29, 0.717) is 31.4 Å². The summed E-state index contributed by atoms with van der Waals surface area (Å²) in [4.78, 5) is 16.4. The van der Waals surface area contributed by atoms with Crippen molar-refractivity contribution >= 4 is 17.6 Å². The fourth-order valence-electron chi connectivity index (χ4n) is 3.23. The van der Waals surface area contributed by atoms with Crippen LogP contribution in [-0.2, 0) is 16.1 Å². The average molecular weight is 429 g/mol. The molecule has 0 aliphatic carbocycles. The lowest BCUT2D eigenvalue weighted by Crippen LogP contribution is -2.41. The lowest BCUT2D eigenvalue weighted by Gasteiger charge is -2.18. The highest BCUT2D eigenvalue weighted by Gasteiger charge is 2.23. The first-order valence-electron chi connectivity index (χ1n) is 10.4. The summed E-state index contributed by atoms with van der Waals surface area (Å²) in [7, 11) is 1.69. The highest BCUT2D eigenvalue weighted by Crippen LogP contribution is 2.16. The predicted octanol–water partition coefficient (Wildman–Crippen LogP) is 3.08. The third kappa shape index (κ3) is 7.25. The number of aliphatic imine (C=N–C) groups is 1. The summed E-state index contributed by atoms with van der Waals surface area (Å²) in [6, 6.07) is 13.7. The van der Waals surface area contributed by atoms with E-state index in [1.807, 2.05) is 31.2 Å². The molecule has 3 rings (SSSR count). The van der Waals surface area contributed by atoms with Gasteiger partial charge in [0.1, 0.15) is 23.8 Å². The van der Waals surface area contributed by atoms with Crippen molar-refractivity contribution in [2.75, 3.05) is 25.5 Å². The first-order valence-corrected chi connectivity index (χ1v) is 10.4. The maximum Gasteiger partial charge on any atom is 0.253 e. The molecule has 2 atom stereocenters. The molecule has 0 radical (unpaired) electrons. The van der Waals surface area contributed by atoms with Crippen LogP contribution < -0.4 is 20.7 Å². The molecule has 1 aliphatic heterocycles. The minimum atomic E-state index is -0.360. The van der Waals surface area contributed by atoms with Gasteiger partial charge < -0.3 is 25.4 Å². The van der Waals surface area contributed by atoms with Crippen molar-refractivity contribution in [1.82, 2.24) is 10.6 Å². The van der Waals surface area contributed by atoms with Crippen LogP contribution in [0.25, 0.3) is 0 Å². The maximum absolute atomic E-state index is 13.3. The van der Waals surface area contributed by atoms with Crippen molar-refractivity contribution in [3.05, 3.63) is 59.9 Å². The van der Waals surface area contributed by atoms with Gasteiger partial charge in [-0.25, -0.2) is 4.39 Å². The lowest BCUT2D eigenvalue weighted by atomic mass is 10.2. The van der Waals surface area contributed by atoms with Gasteiger partial charge in [-0.1, -0.05) is 18.2 Å². The van der Waals surface area contributed by atoms with Crippen molar-refractivity contribution in [1.29, 1.82) is 0 Å². The van der Waals surface area contributed by atoms with E-state index in [9.17, 15) is 9.18 Å². The number of amides is 1. The normalized spacial score (nSPS) is 17.1. The van der Waals surface area contributed by atoms with E-state index < -0.39 is 0 Å². The number of rotatable bonds is 8. The third-order valence-electron chi connectivity index (χ3n) is 4.79. The second kappa shape index (κ2) is 11.3. The number of nitrogens with one attached hydrogen (secondary N) is 3. The number of guanidine groups is 1. The SMILES string of the molecule is CN=C(NCc1cccc(NC(=O)C2CCCO2)c1)NCC(C)Oc1cccc(F)c1. The number of hydrogen-bond acceptors (Lipinski definition) is 4. The summed E-state index contributed by atoms with van der Waals surface area (Å²) < 4.78 is 24.4. The standard InChI is InChI=1S/C23H29FN4O3/c1-16(31-20-9-4-7-18(24)13-20)14-26-23(25-2)27-15-17-6-3-8-19(12-17)28-22(29)21-10-5-11-30-21/h3-4,6-9,12-13,16,21H,5,10-11,14-15H2,1-2H3,(H,28,29)(H2,25,26,27). The first kappa shape index (κ1) is 22.6. The van der Waals surface area contributed by atoms with E-state index in [0.717, 1.165) is 24.1 Å². The molecule has 1 saturated heterocycles. The molecule has 31 heavy (non-hydrogen) atoms. The molecule has 1 amide bonds. The Morgan fingerprint density at radius 2 is 2.10 bits per heavy atom. The zero-order chi connectivity index (χ0) is 22.1. The monoisotopic (exact) mass is 428 g/mol. The molecule has 2 aromatic carbocycles. The largest absolute Gasteiger partial charge is 0.489 e. The summed E-state index contributed by atoms with van der Waals surface area (Å²) in [5.74, 6) is 0.666. The van der Waals surface area contributed by atoms with Crippen LogP contribution in [0, 0.1) is 5.82 Å². The number of ether oxygens (including phenoxy) is 2. The second-order valence-corrected chi connectivity index (χ2v) is 7.38. The number of carbonyl (C=O) groups is 1. The fraction of sp³-hybridized carbons (Fsp3) is 0.391. The lowest BCUT2D eigenvalue weighted by molar-refractivity contribution is -0.124. The van der Waals surface area contributed by atoms with Crippen molar-refractivity contribution in [2.45, 2.75) is 38.5 Å². The number of benzene rings is 2. The van der Waals surface area contributed by atoms with Gasteiger partial charge in [-0.3, -0.25) is 9.79 Å². The minimum Gasteiger partial charge on any atom is -0.489 e. The summed E-state index contributed by atoms with van der Waals surface area (Å²) in [5.41, 5.74) is 1.73. The van der Waals surface area contributed by atoms with Gasteiger partial charge in [-0.2, -0.15) is 0 Å². The fourth-order valence-corrected chi connectivity index (χ4v) is 3.23. The van der Waals surface area contributed by atoms with Gasteiger partial charge in [-0.05, 0) is 49.6 Å². The van der Waals surface area contributed by atoms with Crippen molar-refractivity contribution in [2.24, 2.45) is 4.99 Å². The quantitative estimate of drug-likeness (QED) is 0.445. The summed E-state index contributed by atoms with van der Waals surface area (Å²) in [6.45, 7) is 3.56. The Morgan fingerprint density at radius 3 is 2.84 bits per heavy atom. The third-order valence-corrected chi connectivity index (χ3v) is 4.79. The van der Waals surface area contributed by atoms with Gasteiger partial charge >= 0.3 is 0 Å². The second-order valence-electron chi connectivity index (χ2n) is 7.38. The van der Waals surface area contributed by atoms with E-state index >= 15 is 0 Å². The van der Waals surface area contributed by atoms with Gasteiger partial charge in [0.25, 0.3) is 5.91 Å². The van der Waals surface area contributed by atoms with E-state index in [-0.39, 0.29) is 23.9 Å². The topological polar surface area (TPSA) is 84.0 Å². The van der Waals surface area contributed by atoms with Crippen molar-refractivity contribution in [3.8, 4) is 5.75 Å². The van der Waals surface area contributed by atoms with Gasteiger partial charge in [0.2, 0.25) is 0 Å². The molecule has 0 spiro atoms. The molecule has 8 heteroatoms. The molecule has 3 N–H and O–H groups in total. The van der Waals surface area contributed by atoms with Gasteiger partial charge in [0.05, 0.1) is 6.54 Å². The maximum atomic E-state index is 13.3. The van der Waals surface area contributed by atoms with Gasteiger partial charge in [0, 0.05) is 32.0 Å². The minimum absolute atomic E-state index is 0.104. The molecule has 1 fully saturated rings. The van der Waals surface area contributed by atoms with Crippen LogP contribution in [0.15, 0.2) is 53.5 Å². The van der Waals surface area contributed by atoms with E-state index in [1.165, 1.54) is 12.1 Å². The number of carbonyl (C=O) groups excluding carboxylic acids is 1. The molecular weight excluding hydrogens is 399 g/mol. The molecule has 1 heterocycles. The van der Waals surface area contributed by atoms with Crippen LogP contribution in [0.1, 0.15) is 25.3 Å². The van der Waals surface area contributed by atoms with Crippen LogP contribution in [0.5, 0.6) is 5.75 Å². The number of anilines is 1. The first-order chi connectivity index (χ1) is 15.0. The van der Waals surface area contributed by atoms with Crippen LogP contribution in [0.4, 0.5) is 10.1 Å². The van der Waals surface area contributed by atoms with E-state index in [1.54, 1.807) is 19.2 Å². The Hall–Kier alpha value is -3.13. The van der Waals surface area contributed by atoms with Crippen LogP contribution >= 0.6 is 0 Å². The molecule has 0 bridgehead atoms. The van der Waals surface area contributed by atoms with Crippen LogP contribution in [0.3, 0.4) is 0 Å². The summed E-state index contributed by atoms with van der Waals surface area (Å²) >= 11 is 0. The number of hydrogen-bond donors (Lipinski definition) is 3. The van der Waals surface area contributed by atoms with Gasteiger partial charge in [-0.15, -0.1) is 0 Å². The summed E-state index contributed by atoms with van der Waals surface area (Å²) in [6.07, 6.45) is 1.13. The van der Waals surface area contributed by atoms with E-state index in [4.69, 9.17) is 9.47 Å². The molecular formula is C23H29FN4O3. The Morgan fingerprint density at radius 1 is 1.26 bits per heavy atom. The Labute approximate surface area is 182 Å². The van der Waals surface area contributed by atoms with Crippen LogP contribution in [-0.4, -0.2) is 44.3 Å². The zero-order valence-corrected chi connectivity index (χ0v) is 17.9. The molecule has 0 saturated carbocycles. The zero-order valence-electron chi connectivity index (χ0n) is 17.9. The number of nitrogens with zero attached hydrogens (tertiary/aromatic N) is 1. The Balaban J connectivity index is 1.45. The molecule has 2 aromatic rings. The van der Waals surface area contributed by atoms with Gasteiger partial charge in [0.15, 0.2) is 5.96 Å². The van der Waals surface area contributed by atoms with Crippen LogP contribution in [0.2, 0.25) is 0 Å².